The van der Waals surface area contributed by atoms with Crippen molar-refractivity contribution >= 4 is 30.5 Å². The zero-order valence-corrected chi connectivity index (χ0v) is 12.1. The Hall–Kier alpha value is -0.880. The number of likely N-dealkylation sites (N-methyl/N-ethyl adjacent to an activating group) is 1. The third-order valence-corrected chi connectivity index (χ3v) is 2.21. The third-order valence-electron chi connectivity index (χ3n) is 2.21. The zero-order valence-electron chi connectivity index (χ0n) is 10.5. The van der Waals surface area contributed by atoms with Gasteiger partial charge in [-0.25, -0.2) is 0 Å². The summed E-state index contributed by atoms with van der Waals surface area (Å²) in [6.07, 6.45) is 0. The van der Waals surface area contributed by atoms with E-state index in [1.54, 1.807) is 12.1 Å². The molecular formula is C11H19Cl2N3O2. The molecule has 5 nitrogen and oxygen atoms in total. The molecule has 0 aliphatic carbocycles. The molecule has 0 spiro atoms. The molecule has 104 valence electrons. The number of hydrogen-bond donors (Lipinski definition) is 1. The van der Waals surface area contributed by atoms with Crippen LogP contribution >= 0.6 is 24.8 Å². The predicted octanol–water partition coefficient (Wildman–Crippen LogP) is 2.09. The van der Waals surface area contributed by atoms with Crippen molar-refractivity contribution in [2.45, 2.75) is 6.54 Å². The molecule has 0 heterocycles. The quantitative estimate of drug-likeness (QED) is 0.496. The lowest BCUT2D eigenvalue weighted by molar-refractivity contribution is -0.384. The van der Waals surface area contributed by atoms with E-state index in [0.29, 0.717) is 0 Å². The van der Waals surface area contributed by atoms with Crippen LogP contribution < -0.4 is 5.32 Å². The molecule has 0 bridgehead atoms. The molecule has 0 saturated carbocycles. The van der Waals surface area contributed by atoms with Gasteiger partial charge in [0.15, 0.2) is 0 Å². The topological polar surface area (TPSA) is 58.4 Å². The first kappa shape index (κ1) is 19.5. The summed E-state index contributed by atoms with van der Waals surface area (Å²) in [7, 11) is 4.04. The van der Waals surface area contributed by atoms with Crippen molar-refractivity contribution in [3.8, 4) is 0 Å². The molecule has 1 N–H and O–H groups in total. The maximum absolute atomic E-state index is 10.4. The van der Waals surface area contributed by atoms with E-state index in [1.165, 1.54) is 12.1 Å². The first-order chi connectivity index (χ1) is 7.59. The van der Waals surface area contributed by atoms with Gasteiger partial charge in [-0.15, -0.1) is 24.8 Å². The summed E-state index contributed by atoms with van der Waals surface area (Å²) < 4.78 is 0. The number of nitro benzene ring substituents is 1. The van der Waals surface area contributed by atoms with Gasteiger partial charge in [0, 0.05) is 31.8 Å². The number of benzene rings is 1. The minimum atomic E-state index is -0.386. The standard InChI is InChI=1S/C11H17N3O2.2ClH/c1-13(2)8-7-12-9-10-3-5-11(6-4-10)14(15)16;;/h3-6,12H,7-9H2,1-2H3;2*1H. The molecule has 0 aliphatic heterocycles. The Morgan fingerprint density at radius 1 is 1.22 bits per heavy atom. The van der Waals surface area contributed by atoms with Gasteiger partial charge in [0.1, 0.15) is 0 Å². The van der Waals surface area contributed by atoms with Crippen molar-refractivity contribution in [1.82, 2.24) is 10.2 Å². The number of nitro groups is 1. The Bertz CT molecular complexity index is 345. The molecule has 0 aliphatic rings. The van der Waals surface area contributed by atoms with Crippen molar-refractivity contribution in [2.24, 2.45) is 0 Å². The van der Waals surface area contributed by atoms with E-state index in [2.05, 4.69) is 10.2 Å². The summed E-state index contributed by atoms with van der Waals surface area (Å²) in [4.78, 5) is 12.1. The number of hydrogen-bond acceptors (Lipinski definition) is 4. The monoisotopic (exact) mass is 295 g/mol. The second-order valence-corrected chi connectivity index (χ2v) is 3.90. The van der Waals surface area contributed by atoms with Crippen molar-refractivity contribution in [1.29, 1.82) is 0 Å². The summed E-state index contributed by atoms with van der Waals surface area (Å²) in [5, 5.41) is 13.7. The number of nitrogens with zero attached hydrogens (tertiary/aromatic N) is 2. The Balaban J connectivity index is 0. The van der Waals surface area contributed by atoms with Crippen LogP contribution in [0.3, 0.4) is 0 Å². The van der Waals surface area contributed by atoms with Gasteiger partial charge in [0.25, 0.3) is 5.69 Å². The fourth-order valence-electron chi connectivity index (χ4n) is 1.27. The molecule has 0 aromatic heterocycles. The van der Waals surface area contributed by atoms with Crippen LogP contribution in [0.25, 0.3) is 0 Å². The molecule has 0 saturated heterocycles. The van der Waals surface area contributed by atoms with E-state index in [0.717, 1.165) is 25.2 Å². The smallest absolute Gasteiger partial charge is 0.269 e. The average Bonchev–Trinajstić information content (AvgIpc) is 2.25. The molecule has 1 aromatic carbocycles. The fraction of sp³-hybridized carbons (Fsp3) is 0.455. The highest BCUT2D eigenvalue weighted by atomic mass is 35.5. The van der Waals surface area contributed by atoms with Crippen LogP contribution in [-0.2, 0) is 6.54 Å². The van der Waals surface area contributed by atoms with Gasteiger partial charge < -0.3 is 10.2 Å². The molecule has 7 heteroatoms. The maximum Gasteiger partial charge on any atom is 0.269 e. The van der Waals surface area contributed by atoms with E-state index in [1.807, 2.05) is 14.1 Å². The highest BCUT2D eigenvalue weighted by Crippen LogP contribution is 2.11. The van der Waals surface area contributed by atoms with Crippen molar-refractivity contribution < 1.29 is 4.92 Å². The summed E-state index contributed by atoms with van der Waals surface area (Å²) in [5.41, 5.74) is 1.20. The number of nitrogens with one attached hydrogen (secondary N) is 1. The molecule has 0 fully saturated rings. The third kappa shape index (κ3) is 7.45. The minimum Gasteiger partial charge on any atom is -0.311 e. The number of halogens is 2. The van der Waals surface area contributed by atoms with Gasteiger partial charge >= 0.3 is 0 Å². The molecule has 0 atom stereocenters. The first-order valence-electron chi connectivity index (χ1n) is 5.18. The SMILES string of the molecule is CN(C)CCNCc1ccc([N+](=O)[O-])cc1.Cl.Cl. The Morgan fingerprint density at radius 3 is 2.22 bits per heavy atom. The molecule has 1 aromatic rings. The number of non-ortho nitro benzene ring substituents is 1. The molecule has 0 radical (unpaired) electrons. The van der Waals surface area contributed by atoms with Gasteiger partial charge in [0.05, 0.1) is 4.92 Å². The van der Waals surface area contributed by atoms with Crippen LogP contribution in [0, 0.1) is 10.1 Å². The van der Waals surface area contributed by atoms with Gasteiger partial charge in [-0.05, 0) is 19.7 Å². The van der Waals surface area contributed by atoms with E-state index < -0.39 is 0 Å². The first-order valence-corrected chi connectivity index (χ1v) is 5.18. The van der Waals surface area contributed by atoms with Crippen LogP contribution in [0.15, 0.2) is 24.3 Å². The Labute approximate surface area is 120 Å². The lowest BCUT2D eigenvalue weighted by Crippen LogP contribution is -2.26. The van der Waals surface area contributed by atoms with Crippen LogP contribution in [0.4, 0.5) is 5.69 Å². The predicted molar refractivity (Wildman–Crippen MR) is 77.9 cm³/mol. The average molecular weight is 296 g/mol. The number of rotatable bonds is 6. The molecule has 1 rings (SSSR count). The summed E-state index contributed by atoms with van der Waals surface area (Å²) >= 11 is 0. The molecule has 0 amide bonds. The van der Waals surface area contributed by atoms with Crippen molar-refractivity contribution in [2.75, 3.05) is 27.2 Å². The summed E-state index contributed by atoms with van der Waals surface area (Å²) in [5.74, 6) is 0. The molecule has 18 heavy (non-hydrogen) atoms. The second kappa shape index (κ2) is 10.1. The molecule has 0 unspecified atom stereocenters. The molecular weight excluding hydrogens is 277 g/mol. The Morgan fingerprint density at radius 2 is 1.78 bits per heavy atom. The van der Waals surface area contributed by atoms with E-state index in [-0.39, 0.29) is 35.4 Å². The van der Waals surface area contributed by atoms with Gasteiger partial charge in [-0.1, -0.05) is 12.1 Å². The highest BCUT2D eigenvalue weighted by Gasteiger charge is 2.03. The van der Waals surface area contributed by atoms with Gasteiger partial charge in [0.2, 0.25) is 0 Å². The van der Waals surface area contributed by atoms with Crippen LogP contribution in [0.1, 0.15) is 5.56 Å². The maximum atomic E-state index is 10.4. The summed E-state index contributed by atoms with van der Waals surface area (Å²) in [6.45, 7) is 2.63. The van der Waals surface area contributed by atoms with Crippen LogP contribution in [0.2, 0.25) is 0 Å². The lowest BCUT2D eigenvalue weighted by Gasteiger charge is -2.10. The normalized spacial score (nSPS) is 9.50. The highest BCUT2D eigenvalue weighted by molar-refractivity contribution is 5.85. The Kier molecular flexibility index (Phi) is 10.9. The largest absolute Gasteiger partial charge is 0.311 e. The van der Waals surface area contributed by atoms with Crippen LogP contribution in [0.5, 0.6) is 0 Å². The zero-order chi connectivity index (χ0) is 12.0. The van der Waals surface area contributed by atoms with Gasteiger partial charge in [-0.3, -0.25) is 10.1 Å². The van der Waals surface area contributed by atoms with E-state index in [4.69, 9.17) is 0 Å². The van der Waals surface area contributed by atoms with Crippen LogP contribution in [-0.4, -0.2) is 37.0 Å². The van der Waals surface area contributed by atoms with Crippen molar-refractivity contribution in [3.63, 3.8) is 0 Å². The van der Waals surface area contributed by atoms with Gasteiger partial charge in [-0.2, -0.15) is 0 Å². The lowest BCUT2D eigenvalue weighted by atomic mass is 10.2. The van der Waals surface area contributed by atoms with Crippen molar-refractivity contribution in [3.05, 3.63) is 39.9 Å². The minimum absolute atomic E-state index is 0. The van der Waals surface area contributed by atoms with E-state index in [9.17, 15) is 10.1 Å². The van der Waals surface area contributed by atoms with E-state index >= 15 is 0 Å². The summed E-state index contributed by atoms with van der Waals surface area (Å²) in [6, 6.07) is 6.62. The fourth-order valence-corrected chi connectivity index (χ4v) is 1.27. The second-order valence-electron chi connectivity index (χ2n) is 3.90.